The molecule has 3 heterocycles. The number of hydrogen-bond acceptors (Lipinski definition) is 3. The molecule has 0 fully saturated rings. The van der Waals surface area contributed by atoms with E-state index < -0.39 is 18.1 Å². The second-order valence-electron chi connectivity index (χ2n) is 11.0. The molecule has 3 atom stereocenters. The molecule has 2 aliphatic rings. The van der Waals surface area contributed by atoms with Crippen LogP contribution in [0.4, 0.5) is 4.39 Å². The summed E-state index contributed by atoms with van der Waals surface area (Å²) in [6.45, 7) is 4.19. The highest BCUT2D eigenvalue weighted by Gasteiger charge is 2.49. The number of benzene rings is 3. The summed E-state index contributed by atoms with van der Waals surface area (Å²) in [4.78, 5) is 46.1. The van der Waals surface area contributed by atoms with Crippen LogP contribution in [0, 0.1) is 11.7 Å². The van der Waals surface area contributed by atoms with Crippen molar-refractivity contribution in [3.63, 3.8) is 0 Å². The van der Waals surface area contributed by atoms with Crippen molar-refractivity contribution in [2.45, 2.75) is 51.4 Å². The first-order valence-electron chi connectivity index (χ1n) is 13.7. The predicted molar refractivity (Wildman–Crippen MR) is 150 cm³/mol. The summed E-state index contributed by atoms with van der Waals surface area (Å²) in [6, 6.07) is 19.4. The highest BCUT2D eigenvalue weighted by atomic mass is 19.1. The average molecular weight is 539 g/mol. The van der Waals surface area contributed by atoms with E-state index in [-0.39, 0.29) is 36.0 Å². The molecule has 3 amide bonds. The number of H-pyrrole nitrogens is 1. The van der Waals surface area contributed by atoms with Crippen LogP contribution in [0.2, 0.25) is 0 Å². The number of amides is 3. The average Bonchev–Trinajstić information content (AvgIpc) is 3.47. The standard InChI is InChI=1S/C32H31FN4O3/c1-18(2)15-26(30(38)34-17-19-11-13-20(33)14-12-19)36-31(39)27-16-24-21-7-5-6-10-25(21)35-28(24)29-22-8-3-4-9-23(22)32(40)37(27)29/h3-14,18,26-27,29,35H,15-17H2,1-2H3,(H,34,38)(H,36,39)/t26-,27-,29+/m0/s1. The third kappa shape index (κ3) is 4.53. The third-order valence-electron chi connectivity index (χ3n) is 7.87. The third-order valence-corrected chi connectivity index (χ3v) is 7.87. The first kappa shape index (κ1) is 25.8. The molecule has 2 aliphatic heterocycles. The summed E-state index contributed by atoms with van der Waals surface area (Å²) in [7, 11) is 0. The second-order valence-corrected chi connectivity index (χ2v) is 11.0. The number of halogens is 1. The van der Waals surface area contributed by atoms with Crippen LogP contribution in [-0.4, -0.2) is 39.7 Å². The molecule has 204 valence electrons. The molecule has 40 heavy (non-hydrogen) atoms. The van der Waals surface area contributed by atoms with Crippen LogP contribution >= 0.6 is 0 Å². The number of rotatable bonds is 7. The number of para-hydroxylation sites is 1. The smallest absolute Gasteiger partial charge is 0.255 e. The molecule has 3 N–H and O–H groups in total. The largest absolute Gasteiger partial charge is 0.356 e. The first-order chi connectivity index (χ1) is 19.3. The Hall–Kier alpha value is -4.46. The van der Waals surface area contributed by atoms with E-state index in [1.165, 1.54) is 12.1 Å². The highest BCUT2D eigenvalue weighted by molar-refractivity contribution is 6.04. The van der Waals surface area contributed by atoms with Gasteiger partial charge in [0.25, 0.3) is 5.91 Å². The maximum atomic E-state index is 14.0. The van der Waals surface area contributed by atoms with Gasteiger partial charge in [-0.15, -0.1) is 0 Å². The summed E-state index contributed by atoms with van der Waals surface area (Å²) in [5.74, 6) is -1.07. The predicted octanol–water partition coefficient (Wildman–Crippen LogP) is 4.62. The van der Waals surface area contributed by atoms with E-state index in [1.807, 2.05) is 56.3 Å². The minimum Gasteiger partial charge on any atom is -0.356 e. The van der Waals surface area contributed by atoms with Crippen molar-refractivity contribution in [3.05, 3.63) is 107 Å². The van der Waals surface area contributed by atoms with Crippen LogP contribution in [-0.2, 0) is 22.6 Å². The second kappa shape index (κ2) is 10.3. The number of aromatic nitrogens is 1. The number of aromatic amines is 1. The zero-order valence-electron chi connectivity index (χ0n) is 22.4. The molecule has 0 aliphatic carbocycles. The van der Waals surface area contributed by atoms with Crippen molar-refractivity contribution in [1.82, 2.24) is 20.5 Å². The summed E-state index contributed by atoms with van der Waals surface area (Å²) in [5.41, 5.74) is 5.12. The molecule has 0 spiro atoms. The fourth-order valence-corrected chi connectivity index (χ4v) is 6.02. The van der Waals surface area contributed by atoms with E-state index in [1.54, 1.807) is 23.1 Å². The first-order valence-corrected chi connectivity index (χ1v) is 13.7. The Labute approximate surface area is 231 Å². The van der Waals surface area contributed by atoms with Crippen LogP contribution in [0.25, 0.3) is 10.9 Å². The monoisotopic (exact) mass is 538 g/mol. The van der Waals surface area contributed by atoms with Gasteiger partial charge in [-0.3, -0.25) is 14.4 Å². The topological polar surface area (TPSA) is 94.3 Å². The fraction of sp³-hybridized carbons (Fsp3) is 0.281. The van der Waals surface area contributed by atoms with E-state index in [0.29, 0.717) is 18.4 Å². The SMILES string of the molecule is CC(C)C[C@H](NC(=O)[C@@H]1Cc2c([nH]c3ccccc23)[C@H]2c3ccccc3C(=O)N21)C(=O)NCc1ccc(F)cc1. The Kier molecular flexibility index (Phi) is 6.62. The molecule has 0 saturated heterocycles. The van der Waals surface area contributed by atoms with Crippen molar-refractivity contribution in [1.29, 1.82) is 0 Å². The van der Waals surface area contributed by atoms with Gasteiger partial charge in [0.05, 0.1) is 6.04 Å². The molecule has 0 unspecified atom stereocenters. The van der Waals surface area contributed by atoms with Crippen LogP contribution < -0.4 is 10.6 Å². The van der Waals surface area contributed by atoms with Gasteiger partial charge < -0.3 is 20.5 Å². The van der Waals surface area contributed by atoms with E-state index in [4.69, 9.17) is 0 Å². The normalized spacial score (nSPS) is 18.3. The Morgan fingerprint density at radius 2 is 1.75 bits per heavy atom. The number of nitrogens with zero attached hydrogens (tertiary/aromatic N) is 1. The Morgan fingerprint density at radius 3 is 2.52 bits per heavy atom. The van der Waals surface area contributed by atoms with Crippen molar-refractivity contribution in [2.75, 3.05) is 0 Å². The number of carbonyl (C=O) groups excluding carboxylic acids is 3. The van der Waals surface area contributed by atoms with Gasteiger partial charge in [-0.1, -0.05) is 62.4 Å². The number of carbonyl (C=O) groups is 3. The maximum Gasteiger partial charge on any atom is 0.255 e. The summed E-state index contributed by atoms with van der Waals surface area (Å²) >= 11 is 0. The molecule has 0 radical (unpaired) electrons. The molecule has 6 rings (SSSR count). The maximum absolute atomic E-state index is 14.0. The zero-order chi connectivity index (χ0) is 28.0. The van der Waals surface area contributed by atoms with Gasteiger partial charge in [0.2, 0.25) is 11.8 Å². The minimum atomic E-state index is -0.782. The lowest BCUT2D eigenvalue weighted by Gasteiger charge is -2.37. The number of nitrogens with one attached hydrogen (secondary N) is 3. The lowest BCUT2D eigenvalue weighted by Crippen LogP contribution is -2.56. The Balaban J connectivity index is 1.30. The Bertz CT molecular complexity index is 1610. The molecular weight excluding hydrogens is 507 g/mol. The van der Waals surface area contributed by atoms with Gasteiger partial charge in [0.15, 0.2) is 0 Å². The Morgan fingerprint density at radius 1 is 1.02 bits per heavy atom. The number of hydrogen-bond donors (Lipinski definition) is 3. The molecule has 0 bridgehead atoms. The lowest BCUT2D eigenvalue weighted by molar-refractivity contribution is -0.132. The molecule has 0 saturated carbocycles. The molecule has 4 aromatic rings. The van der Waals surface area contributed by atoms with Gasteiger partial charge in [0, 0.05) is 35.1 Å². The summed E-state index contributed by atoms with van der Waals surface area (Å²) < 4.78 is 13.3. The van der Waals surface area contributed by atoms with Gasteiger partial charge in [-0.05, 0) is 53.3 Å². The van der Waals surface area contributed by atoms with Crippen LogP contribution in [0.3, 0.4) is 0 Å². The zero-order valence-corrected chi connectivity index (χ0v) is 22.4. The van der Waals surface area contributed by atoms with Crippen LogP contribution in [0.1, 0.15) is 59.1 Å². The molecule has 3 aromatic carbocycles. The lowest BCUT2D eigenvalue weighted by atomic mass is 9.89. The molecular formula is C32H31FN4O3. The van der Waals surface area contributed by atoms with E-state index in [9.17, 15) is 18.8 Å². The molecule has 8 heteroatoms. The van der Waals surface area contributed by atoms with E-state index in [0.717, 1.165) is 33.3 Å². The van der Waals surface area contributed by atoms with Gasteiger partial charge in [0.1, 0.15) is 17.9 Å². The van der Waals surface area contributed by atoms with Gasteiger partial charge in [-0.2, -0.15) is 0 Å². The van der Waals surface area contributed by atoms with E-state index >= 15 is 0 Å². The van der Waals surface area contributed by atoms with Crippen molar-refractivity contribution >= 4 is 28.6 Å². The molecule has 7 nitrogen and oxygen atoms in total. The quantitative estimate of drug-likeness (QED) is 0.320. The summed E-state index contributed by atoms with van der Waals surface area (Å²) in [5, 5.41) is 6.88. The van der Waals surface area contributed by atoms with Crippen molar-refractivity contribution < 1.29 is 18.8 Å². The van der Waals surface area contributed by atoms with Gasteiger partial charge >= 0.3 is 0 Å². The van der Waals surface area contributed by atoms with Crippen LogP contribution in [0.5, 0.6) is 0 Å². The minimum absolute atomic E-state index is 0.138. The van der Waals surface area contributed by atoms with E-state index in [2.05, 4.69) is 15.6 Å². The number of fused-ring (bicyclic) bond motifs is 7. The summed E-state index contributed by atoms with van der Waals surface area (Å²) in [6.07, 6.45) is 0.774. The van der Waals surface area contributed by atoms with Gasteiger partial charge in [-0.25, -0.2) is 4.39 Å². The van der Waals surface area contributed by atoms with Crippen molar-refractivity contribution in [2.24, 2.45) is 5.92 Å². The fourth-order valence-electron chi connectivity index (χ4n) is 6.02. The highest BCUT2D eigenvalue weighted by Crippen LogP contribution is 2.46. The van der Waals surface area contributed by atoms with Crippen molar-refractivity contribution in [3.8, 4) is 0 Å². The van der Waals surface area contributed by atoms with Crippen LogP contribution in [0.15, 0.2) is 72.8 Å². The molecule has 1 aromatic heterocycles.